The molecule has 0 saturated carbocycles. The van der Waals surface area contributed by atoms with Crippen molar-refractivity contribution in [3.8, 4) is 0 Å². The second-order valence-corrected chi connectivity index (χ2v) is 2.09. The minimum absolute atomic E-state index is 0. The maximum atomic E-state index is 3.78. The SMILES string of the molecule is [CH2]CCc1ccccc1.[Cl-].[Zn]. The van der Waals surface area contributed by atoms with E-state index in [4.69, 9.17) is 0 Å². The summed E-state index contributed by atoms with van der Waals surface area (Å²) >= 11 is 0. The first-order valence-corrected chi connectivity index (χ1v) is 3.26. The van der Waals surface area contributed by atoms with Gasteiger partial charge in [0.25, 0.3) is 0 Å². The molecule has 0 N–H and O–H groups in total. The van der Waals surface area contributed by atoms with E-state index in [2.05, 4.69) is 31.2 Å². The number of aryl methyl sites for hydroxylation is 1. The molecule has 11 heavy (non-hydrogen) atoms. The minimum Gasteiger partial charge on any atom is -1.00 e. The van der Waals surface area contributed by atoms with E-state index in [9.17, 15) is 0 Å². The van der Waals surface area contributed by atoms with Gasteiger partial charge in [0.1, 0.15) is 0 Å². The van der Waals surface area contributed by atoms with E-state index in [-0.39, 0.29) is 31.9 Å². The van der Waals surface area contributed by atoms with Gasteiger partial charge in [-0.05, 0) is 18.4 Å². The van der Waals surface area contributed by atoms with E-state index < -0.39 is 0 Å². The fourth-order valence-electron chi connectivity index (χ4n) is 0.849. The van der Waals surface area contributed by atoms with Crippen molar-refractivity contribution in [1.29, 1.82) is 0 Å². The van der Waals surface area contributed by atoms with Crippen LogP contribution in [0.5, 0.6) is 0 Å². The average Bonchev–Trinajstić information content (AvgIpc) is 1.91. The summed E-state index contributed by atoms with van der Waals surface area (Å²) in [4.78, 5) is 0. The van der Waals surface area contributed by atoms with Crippen LogP contribution >= 0.6 is 0 Å². The van der Waals surface area contributed by atoms with Crippen molar-refractivity contribution in [2.45, 2.75) is 12.8 Å². The molecule has 0 aliphatic rings. The first-order valence-electron chi connectivity index (χ1n) is 3.26. The van der Waals surface area contributed by atoms with Gasteiger partial charge >= 0.3 is 0 Å². The second-order valence-electron chi connectivity index (χ2n) is 2.09. The molecule has 1 rings (SSSR count). The standard InChI is InChI=1S/C9H11.ClH.Zn/c1-2-6-9-7-4-3-5-8-9;;/h3-5,7-8H,1-2,6H2;1H;/p-1. The topological polar surface area (TPSA) is 0 Å². The molecule has 0 fully saturated rings. The summed E-state index contributed by atoms with van der Waals surface area (Å²) in [5.41, 5.74) is 1.38. The van der Waals surface area contributed by atoms with Crippen molar-refractivity contribution in [3.63, 3.8) is 0 Å². The Bertz CT molecular complexity index is 162. The summed E-state index contributed by atoms with van der Waals surface area (Å²) in [5.74, 6) is 0. The average molecular weight is 220 g/mol. The van der Waals surface area contributed by atoms with E-state index in [0.29, 0.717) is 0 Å². The predicted octanol–water partition coefficient (Wildman–Crippen LogP) is -0.545. The fraction of sp³-hybridized carbons (Fsp3) is 0.222. The maximum absolute atomic E-state index is 3.78. The Kier molecular flexibility index (Phi) is 10.3. The predicted molar refractivity (Wildman–Crippen MR) is 40.1 cm³/mol. The van der Waals surface area contributed by atoms with Gasteiger partial charge in [0.15, 0.2) is 0 Å². The molecular formula is C9H11ClZn-. The molecule has 0 spiro atoms. The molecule has 0 atom stereocenters. The van der Waals surface area contributed by atoms with Gasteiger partial charge in [-0.25, -0.2) is 0 Å². The monoisotopic (exact) mass is 218 g/mol. The van der Waals surface area contributed by atoms with Crippen molar-refractivity contribution >= 4 is 0 Å². The Morgan fingerprint density at radius 1 is 1.09 bits per heavy atom. The van der Waals surface area contributed by atoms with E-state index in [1.807, 2.05) is 6.07 Å². The summed E-state index contributed by atoms with van der Waals surface area (Å²) in [5, 5.41) is 0. The zero-order valence-corrected chi connectivity index (χ0v) is 10.3. The van der Waals surface area contributed by atoms with Gasteiger partial charge in [0, 0.05) is 19.5 Å². The number of hydrogen-bond donors (Lipinski definition) is 0. The third-order valence-corrected chi connectivity index (χ3v) is 1.31. The Balaban J connectivity index is 0. The van der Waals surface area contributed by atoms with E-state index in [0.717, 1.165) is 12.8 Å². The van der Waals surface area contributed by atoms with Crippen LogP contribution in [0.2, 0.25) is 0 Å². The van der Waals surface area contributed by atoms with Crippen LogP contribution in [-0.4, -0.2) is 0 Å². The third-order valence-electron chi connectivity index (χ3n) is 1.31. The molecule has 0 bridgehead atoms. The molecule has 0 amide bonds. The van der Waals surface area contributed by atoms with Crippen molar-refractivity contribution in [1.82, 2.24) is 0 Å². The van der Waals surface area contributed by atoms with Gasteiger partial charge in [-0.2, -0.15) is 0 Å². The second kappa shape index (κ2) is 8.23. The molecule has 57 valence electrons. The largest absolute Gasteiger partial charge is 1.00 e. The van der Waals surface area contributed by atoms with Crippen LogP contribution in [0.4, 0.5) is 0 Å². The summed E-state index contributed by atoms with van der Waals surface area (Å²) in [6.45, 7) is 3.78. The molecule has 1 aromatic rings. The zero-order chi connectivity index (χ0) is 6.53. The molecule has 1 aromatic carbocycles. The smallest absolute Gasteiger partial charge is 0 e. The summed E-state index contributed by atoms with van der Waals surface area (Å²) in [6.07, 6.45) is 2.09. The summed E-state index contributed by atoms with van der Waals surface area (Å²) in [6, 6.07) is 10.4. The van der Waals surface area contributed by atoms with Crippen LogP contribution in [0.3, 0.4) is 0 Å². The van der Waals surface area contributed by atoms with Crippen molar-refractivity contribution in [2.75, 3.05) is 0 Å². The van der Waals surface area contributed by atoms with Crippen LogP contribution < -0.4 is 12.4 Å². The van der Waals surface area contributed by atoms with E-state index in [1.54, 1.807) is 0 Å². The minimum atomic E-state index is 0. The quantitative estimate of drug-likeness (QED) is 0.587. The van der Waals surface area contributed by atoms with Gasteiger partial charge in [0.05, 0.1) is 0 Å². The molecular weight excluding hydrogens is 209 g/mol. The Morgan fingerprint density at radius 3 is 2.09 bits per heavy atom. The molecule has 0 nitrogen and oxygen atoms in total. The Labute approximate surface area is 87.6 Å². The maximum Gasteiger partial charge on any atom is 0 e. The van der Waals surface area contributed by atoms with Crippen molar-refractivity contribution in [2.24, 2.45) is 0 Å². The van der Waals surface area contributed by atoms with Crippen molar-refractivity contribution < 1.29 is 31.9 Å². The number of halogens is 1. The molecule has 1 radical (unpaired) electrons. The first kappa shape index (κ1) is 13.7. The number of rotatable bonds is 2. The Morgan fingerprint density at radius 2 is 1.64 bits per heavy atom. The molecule has 2 heteroatoms. The number of benzene rings is 1. The normalized spacial score (nSPS) is 7.73. The van der Waals surface area contributed by atoms with Crippen LogP contribution in [0.25, 0.3) is 0 Å². The zero-order valence-electron chi connectivity index (χ0n) is 6.59. The molecule has 0 aliphatic heterocycles. The van der Waals surface area contributed by atoms with Crippen LogP contribution in [0.1, 0.15) is 12.0 Å². The molecule has 0 aliphatic carbocycles. The number of hydrogen-bond acceptors (Lipinski definition) is 0. The van der Waals surface area contributed by atoms with E-state index in [1.165, 1.54) is 5.56 Å². The van der Waals surface area contributed by atoms with Gasteiger partial charge in [-0.3, -0.25) is 0 Å². The van der Waals surface area contributed by atoms with Gasteiger partial charge < -0.3 is 12.4 Å². The van der Waals surface area contributed by atoms with Gasteiger partial charge in [0.2, 0.25) is 0 Å². The van der Waals surface area contributed by atoms with Crippen molar-refractivity contribution in [3.05, 3.63) is 42.8 Å². The van der Waals surface area contributed by atoms with Gasteiger partial charge in [-0.1, -0.05) is 37.3 Å². The molecule has 0 aromatic heterocycles. The van der Waals surface area contributed by atoms with E-state index >= 15 is 0 Å². The Hall–Kier alpha value is 0.133. The molecule has 0 saturated heterocycles. The molecule has 0 unspecified atom stereocenters. The van der Waals surface area contributed by atoms with Gasteiger partial charge in [-0.15, -0.1) is 0 Å². The summed E-state index contributed by atoms with van der Waals surface area (Å²) in [7, 11) is 0. The third kappa shape index (κ3) is 5.41. The first-order chi connectivity index (χ1) is 4.43. The van der Waals surface area contributed by atoms with Crippen LogP contribution in [0.15, 0.2) is 30.3 Å². The fourth-order valence-corrected chi connectivity index (χ4v) is 0.849. The summed E-state index contributed by atoms with van der Waals surface area (Å²) < 4.78 is 0. The van der Waals surface area contributed by atoms with Crippen LogP contribution in [-0.2, 0) is 25.9 Å². The molecule has 0 heterocycles. The van der Waals surface area contributed by atoms with Crippen LogP contribution in [0, 0.1) is 6.92 Å².